The van der Waals surface area contributed by atoms with Crippen molar-refractivity contribution in [2.24, 2.45) is 5.73 Å². The molecule has 0 aliphatic carbocycles. The Balaban J connectivity index is 1.63. The van der Waals surface area contributed by atoms with Crippen molar-refractivity contribution in [2.45, 2.75) is 34.9 Å². The number of rotatable bonds is 4. The van der Waals surface area contributed by atoms with Crippen LogP contribution in [0.3, 0.4) is 0 Å². The number of alkyl halides is 3. The van der Waals surface area contributed by atoms with Gasteiger partial charge in [-0.2, -0.15) is 13.2 Å². The average molecular weight is 443 g/mol. The van der Waals surface area contributed by atoms with E-state index < -0.39 is 11.7 Å². The van der Waals surface area contributed by atoms with Crippen LogP contribution >= 0.6 is 23.4 Å². The van der Waals surface area contributed by atoms with Gasteiger partial charge in [0.1, 0.15) is 0 Å². The first-order valence-electron chi connectivity index (χ1n) is 9.52. The molecule has 9 heteroatoms. The Labute approximate surface area is 177 Å². The van der Waals surface area contributed by atoms with Crippen molar-refractivity contribution in [1.29, 1.82) is 0 Å². The van der Waals surface area contributed by atoms with Gasteiger partial charge in [-0.25, -0.2) is 0 Å². The van der Waals surface area contributed by atoms with Gasteiger partial charge in [0.05, 0.1) is 22.6 Å². The van der Waals surface area contributed by atoms with E-state index in [9.17, 15) is 13.2 Å². The lowest BCUT2D eigenvalue weighted by molar-refractivity contribution is -0.137. The lowest BCUT2D eigenvalue weighted by Crippen LogP contribution is -2.41. The largest absolute Gasteiger partial charge is 0.416 e. The number of nitrogens with two attached hydrogens (primary N) is 1. The maximum atomic E-state index is 13.5. The second-order valence-corrected chi connectivity index (χ2v) is 8.83. The molecule has 0 saturated carbocycles. The summed E-state index contributed by atoms with van der Waals surface area (Å²) in [7, 11) is 0. The highest BCUT2D eigenvalue weighted by molar-refractivity contribution is 7.99. The van der Waals surface area contributed by atoms with E-state index in [4.69, 9.17) is 17.3 Å². The number of piperidine rings is 1. The van der Waals surface area contributed by atoms with Gasteiger partial charge < -0.3 is 21.3 Å². The zero-order valence-corrected chi connectivity index (χ0v) is 17.2. The molecule has 0 unspecified atom stereocenters. The molecule has 29 heavy (non-hydrogen) atoms. The lowest BCUT2D eigenvalue weighted by atomic mass is 10.0. The first-order chi connectivity index (χ1) is 13.8. The summed E-state index contributed by atoms with van der Waals surface area (Å²) < 4.78 is 40.5. The molecule has 1 saturated heterocycles. The van der Waals surface area contributed by atoms with E-state index >= 15 is 0 Å². The van der Waals surface area contributed by atoms with Crippen molar-refractivity contribution in [3.63, 3.8) is 0 Å². The van der Waals surface area contributed by atoms with Gasteiger partial charge in [-0.15, -0.1) is 0 Å². The van der Waals surface area contributed by atoms with Crippen LogP contribution < -0.4 is 16.4 Å². The fraction of sp³-hybridized carbons (Fsp3) is 0.400. The number of nitrogens with zero attached hydrogens (tertiary/aromatic N) is 1. The second-order valence-electron chi connectivity index (χ2n) is 7.31. The van der Waals surface area contributed by atoms with Crippen LogP contribution in [0.5, 0.6) is 0 Å². The van der Waals surface area contributed by atoms with Gasteiger partial charge in [-0.1, -0.05) is 23.4 Å². The van der Waals surface area contributed by atoms with Crippen LogP contribution in [0.25, 0.3) is 0 Å². The van der Waals surface area contributed by atoms with Gasteiger partial charge in [-0.05, 0) is 43.2 Å². The van der Waals surface area contributed by atoms with Gasteiger partial charge >= 0.3 is 6.18 Å². The van der Waals surface area contributed by atoms with Crippen molar-refractivity contribution in [2.75, 3.05) is 36.8 Å². The number of fused-ring (bicyclic) bond motifs is 2. The van der Waals surface area contributed by atoms with E-state index in [1.165, 1.54) is 23.9 Å². The molecule has 2 aliphatic heterocycles. The van der Waals surface area contributed by atoms with Crippen molar-refractivity contribution < 1.29 is 13.2 Å². The van der Waals surface area contributed by atoms with Gasteiger partial charge in [0, 0.05) is 47.0 Å². The molecule has 2 aliphatic rings. The predicted octanol–water partition coefficient (Wildman–Crippen LogP) is 5.40. The maximum absolute atomic E-state index is 13.5. The minimum absolute atomic E-state index is 0.120. The van der Waals surface area contributed by atoms with Gasteiger partial charge in [0.15, 0.2) is 0 Å². The monoisotopic (exact) mass is 442 g/mol. The standard InChI is InChI=1S/C20H22ClF3N4S/c21-13-1-2-15-17(11-13)29-18-10-12(20(22,23)24)9-16(19(18)27-15)26-14-3-6-28(7-4-14)8-5-25/h1-2,9-11,14,26-27H,3-8,25H2. The molecule has 4 N–H and O–H groups in total. The molecule has 4 nitrogen and oxygen atoms in total. The minimum atomic E-state index is -4.41. The molecule has 1 fully saturated rings. The Morgan fingerprint density at radius 3 is 2.62 bits per heavy atom. The summed E-state index contributed by atoms with van der Waals surface area (Å²) in [5.41, 5.74) is 6.97. The Morgan fingerprint density at radius 2 is 1.93 bits per heavy atom. The summed E-state index contributed by atoms with van der Waals surface area (Å²) >= 11 is 7.36. The Bertz CT molecular complexity index is 898. The molecule has 0 aromatic heterocycles. The Hall–Kier alpha value is -1.61. The fourth-order valence-electron chi connectivity index (χ4n) is 3.74. The van der Waals surface area contributed by atoms with Crippen LogP contribution in [0.4, 0.5) is 30.2 Å². The molecule has 4 rings (SSSR count). The molecule has 156 valence electrons. The lowest BCUT2D eigenvalue weighted by Gasteiger charge is -2.34. The first kappa shape index (κ1) is 20.7. The van der Waals surface area contributed by atoms with Crippen molar-refractivity contribution >= 4 is 40.4 Å². The van der Waals surface area contributed by atoms with Crippen molar-refractivity contribution in [1.82, 2.24) is 4.90 Å². The highest BCUT2D eigenvalue weighted by atomic mass is 35.5. The van der Waals surface area contributed by atoms with Crippen molar-refractivity contribution in [3.05, 3.63) is 40.9 Å². The highest BCUT2D eigenvalue weighted by Gasteiger charge is 2.34. The minimum Gasteiger partial charge on any atom is -0.380 e. The molecule has 2 aromatic carbocycles. The summed E-state index contributed by atoms with van der Waals surface area (Å²) in [6.45, 7) is 3.24. The summed E-state index contributed by atoms with van der Waals surface area (Å²) in [5.74, 6) is 0. The van der Waals surface area contributed by atoms with Crippen LogP contribution in [-0.4, -0.2) is 37.1 Å². The first-order valence-corrected chi connectivity index (χ1v) is 10.7. The number of hydrogen-bond donors (Lipinski definition) is 3. The maximum Gasteiger partial charge on any atom is 0.416 e. The van der Waals surface area contributed by atoms with Crippen LogP contribution in [0.2, 0.25) is 5.02 Å². The summed E-state index contributed by atoms with van der Waals surface area (Å²) in [6, 6.07) is 7.91. The van der Waals surface area contributed by atoms with Crippen molar-refractivity contribution in [3.8, 4) is 0 Å². The van der Waals surface area contributed by atoms with Crippen LogP contribution in [-0.2, 0) is 6.18 Å². The van der Waals surface area contributed by atoms with Crippen LogP contribution in [0.15, 0.2) is 40.1 Å². The third kappa shape index (κ3) is 4.60. The van der Waals surface area contributed by atoms with Gasteiger partial charge in [0.25, 0.3) is 0 Å². The smallest absolute Gasteiger partial charge is 0.380 e. The quantitative estimate of drug-likeness (QED) is 0.505. The highest BCUT2D eigenvalue weighted by Crippen LogP contribution is 2.50. The third-order valence-corrected chi connectivity index (χ3v) is 6.58. The van der Waals surface area contributed by atoms with E-state index in [0.717, 1.165) is 43.1 Å². The van der Waals surface area contributed by atoms with Crippen LogP contribution in [0, 0.1) is 0 Å². The fourth-order valence-corrected chi connectivity index (χ4v) is 5.08. The average Bonchev–Trinajstić information content (AvgIpc) is 2.67. The number of anilines is 3. The van der Waals surface area contributed by atoms with E-state index in [1.54, 1.807) is 12.1 Å². The van der Waals surface area contributed by atoms with Gasteiger partial charge in [-0.3, -0.25) is 0 Å². The molecule has 0 spiro atoms. The summed E-state index contributed by atoms with van der Waals surface area (Å²) in [6.07, 6.45) is -2.68. The Morgan fingerprint density at radius 1 is 1.17 bits per heavy atom. The van der Waals surface area contributed by atoms with E-state index in [0.29, 0.717) is 27.8 Å². The van der Waals surface area contributed by atoms with E-state index in [1.807, 2.05) is 6.07 Å². The number of benzene rings is 2. The molecule has 0 amide bonds. The third-order valence-electron chi connectivity index (χ3n) is 5.25. The zero-order chi connectivity index (χ0) is 20.6. The normalized spacial score (nSPS) is 17.4. The SMILES string of the molecule is NCCN1CCC(Nc2cc(C(F)(F)F)cc3c2Nc2ccc(Cl)cc2S3)CC1. The summed E-state index contributed by atoms with van der Waals surface area (Å²) in [5, 5.41) is 7.22. The topological polar surface area (TPSA) is 53.3 Å². The predicted molar refractivity (Wildman–Crippen MR) is 112 cm³/mol. The zero-order valence-electron chi connectivity index (χ0n) is 15.7. The number of likely N-dealkylation sites (tertiary alicyclic amines) is 1. The van der Waals surface area contributed by atoms with Gasteiger partial charge in [0.2, 0.25) is 0 Å². The molecular weight excluding hydrogens is 421 g/mol. The molecule has 0 bridgehead atoms. The molecule has 0 atom stereocenters. The van der Waals surface area contributed by atoms with Crippen LogP contribution in [0.1, 0.15) is 18.4 Å². The van der Waals surface area contributed by atoms with E-state index in [-0.39, 0.29) is 6.04 Å². The van der Waals surface area contributed by atoms with E-state index in [2.05, 4.69) is 15.5 Å². The number of hydrogen-bond acceptors (Lipinski definition) is 5. The summed E-state index contributed by atoms with van der Waals surface area (Å²) in [4.78, 5) is 3.64. The number of nitrogens with one attached hydrogen (secondary N) is 2. The second kappa shape index (κ2) is 8.26. The molecule has 2 heterocycles. The molecule has 2 aromatic rings. The Kier molecular flexibility index (Phi) is 5.88. The molecule has 0 radical (unpaired) electrons. The number of halogens is 4. The molecular formula is C20H22ClF3N4S.